The van der Waals surface area contributed by atoms with Gasteiger partial charge in [-0.25, -0.2) is 0 Å². The largest absolute Gasteiger partial charge is 0.0654 e. The molecule has 2 aliphatic rings. The average molecular weight is 307 g/mol. The molecule has 0 bridgehead atoms. The van der Waals surface area contributed by atoms with E-state index < -0.39 is 0 Å². The number of hydrogen-bond acceptors (Lipinski definition) is 0. The zero-order valence-corrected chi connectivity index (χ0v) is 15.8. The van der Waals surface area contributed by atoms with Crippen LogP contribution in [0.4, 0.5) is 0 Å². The maximum Gasteiger partial charge on any atom is -0.0300 e. The molecular formula is C22H42. The van der Waals surface area contributed by atoms with Gasteiger partial charge in [0.15, 0.2) is 0 Å². The summed E-state index contributed by atoms with van der Waals surface area (Å²) in [5.41, 5.74) is 0.741. The van der Waals surface area contributed by atoms with E-state index in [-0.39, 0.29) is 0 Å². The van der Waals surface area contributed by atoms with Crippen LogP contribution in [0.2, 0.25) is 0 Å². The average Bonchev–Trinajstić information content (AvgIpc) is 2.57. The molecule has 2 aliphatic carbocycles. The standard InChI is InChI=1S/C22H42/c1-4-7-8-16-22(6-3)17-14-21(15-18-22)20-12-10-19(9-5-2)11-13-20/h19-21H,4-18H2,1-3H3/t19?,20?,21-,22-. The summed E-state index contributed by atoms with van der Waals surface area (Å²) in [5, 5.41) is 0. The molecule has 0 aliphatic heterocycles. The Morgan fingerprint density at radius 1 is 0.727 bits per heavy atom. The first-order chi connectivity index (χ1) is 10.7. The van der Waals surface area contributed by atoms with E-state index in [1.807, 2.05) is 0 Å². The highest BCUT2D eigenvalue weighted by atomic mass is 14.4. The number of rotatable bonds is 8. The Morgan fingerprint density at radius 2 is 1.36 bits per heavy atom. The molecule has 0 aromatic heterocycles. The minimum Gasteiger partial charge on any atom is -0.0654 e. The lowest BCUT2D eigenvalue weighted by Crippen LogP contribution is -2.31. The molecule has 2 rings (SSSR count). The van der Waals surface area contributed by atoms with Gasteiger partial charge in [-0.2, -0.15) is 0 Å². The van der Waals surface area contributed by atoms with E-state index in [0.717, 1.165) is 23.2 Å². The van der Waals surface area contributed by atoms with Crippen LogP contribution in [0, 0.1) is 23.2 Å². The summed E-state index contributed by atoms with van der Waals surface area (Å²) in [5.74, 6) is 3.26. The van der Waals surface area contributed by atoms with E-state index in [1.54, 1.807) is 51.4 Å². The molecule has 0 amide bonds. The van der Waals surface area contributed by atoms with Gasteiger partial charge in [-0.05, 0) is 68.1 Å². The second-order valence-corrected chi connectivity index (χ2v) is 8.72. The van der Waals surface area contributed by atoms with Crippen molar-refractivity contribution in [2.45, 2.75) is 117 Å². The van der Waals surface area contributed by atoms with Gasteiger partial charge in [0.05, 0.1) is 0 Å². The highest BCUT2D eigenvalue weighted by molar-refractivity contribution is 4.88. The van der Waals surface area contributed by atoms with Crippen molar-refractivity contribution in [2.24, 2.45) is 23.2 Å². The lowest BCUT2D eigenvalue weighted by molar-refractivity contribution is 0.0800. The summed E-state index contributed by atoms with van der Waals surface area (Å²) in [6.45, 7) is 7.16. The molecule has 0 unspecified atom stereocenters. The molecule has 0 atom stereocenters. The van der Waals surface area contributed by atoms with E-state index in [0.29, 0.717) is 0 Å². The lowest BCUT2D eigenvalue weighted by atomic mass is 9.62. The topological polar surface area (TPSA) is 0 Å². The van der Waals surface area contributed by atoms with E-state index in [2.05, 4.69) is 20.8 Å². The minimum absolute atomic E-state index is 0.741. The maximum absolute atomic E-state index is 2.46. The first-order valence-electron chi connectivity index (χ1n) is 10.7. The van der Waals surface area contributed by atoms with Crippen LogP contribution in [0.3, 0.4) is 0 Å². The van der Waals surface area contributed by atoms with Gasteiger partial charge in [0, 0.05) is 0 Å². The Hall–Kier alpha value is 0. The van der Waals surface area contributed by atoms with Gasteiger partial charge < -0.3 is 0 Å². The highest BCUT2D eigenvalue weighted by Gasteiger charge is 2.36. The van der Waals surface area contributed by atoms with Crippen LogP contribution >= 0.6 is 0 Å². The van der Waals surface area contributed by atoms with Crippen LogP contribution < -0.4 is 0 Å². The van der Waals surface area contributed by atoms with Crippen LogP contribution in [-0.2, 0) is 0 Å². The van der Waals surface area contributed by atoms with Crippen molar-refractivity contribution in [3.05, 3.63) is 0 Å². The van der Waals surface area contributed by atoms with E-state index in [4.69, 9.17) is 0 Å². The normalized spacial score (nSPS) is 36.4. The fourth-order valence-electron chi connectivity index (χ4n) is 5.61. The predicted octanol–water partition coefficient (Wildman–Crippen LogP) is 7.76. The summed E-state index contributed by atoms with van der Waals surface area (Å²) in [6, 6.07) is 0. The van der Waals surface area contributed by atoms with Gasteiger partial charge >= 0.3 is 0 Å². The molecule has 0 heterocycles. The zero-order valence-electron chi connectivity index (χ0n) is 15.8. The molecule has 0 spiro atoms. The molecule has 130 valence electrons. The van der Waals surface area contributed by atoms with Gasteiger partial charge in [-0.3, -0.25) is 0 Å². The van der Waals surface area contributed by atoms with Gasteiger partial charge in [-0.15, -0.1) is 0 Å². The summed E-state index contributed by atoms with van der Waals surface area (Å²) in [4.78, 5) is 0. The van der Waals surface area contributed by atoms with E-state index in [1.165, 1.54) is 44.9 Å². The molecule has 0 saturated heterocycles. The van der Waals surface area contributed by atoms with Crippen molar-refractivity contribution in [1.82, 2.24) is 0 Å². The minimum atomic E-state index is 0.741. The first kappa shape index (κ1) is 18.3. The van der Waals surface area contributed by atoms with Gasteiger partial charge in [0.1, 0.15) is 0 Å². The Bertz CT molecular complexity index is 276. The van der Waals surface area contributed by atoms with Gasteiger partial charge in [0.2, 0.25) is 0 Å². The Morgan fingerprint density at radius 3 is 1.91 bits per heavy atom. The molecule has 0 nitrogen and oxygen atoms in total. The van der Waals surface area contributed by atoms with Crippen molar-refractivity contribution in [1.29, 1.82) is 0 Å². The predicted molar refractivity (Wildman–Crippen MR) is 99.2 cm³/mol. The van der Waals surface area contributed by atoms with Gasteiger partial charge in [0.25, 0.3) is 0 Å². The zero-order chi connectivity index (χ0) is 15.8. The fourth-order valence-corrected chi connectivity index (χ4v) is 5.61. The second-order valence-electron chi connectivity index (χ2n) is 8.72. The van der Waals surface area contributed by atoms with Crippen LogP contribution in [0.25, 0.3) is 0 Å². The fraction of sp³-hybridized carbons (Fsp3) is 1.00. The Kier molecular flexibility index (Phi) is 7.78. The summed E-state index contributed by atoms with van der Waals surface area (Å²) in [7, 11) is 0. The van der Waals surface area contributed by atoms with Crippen LogP contribution in [0.15, 0.2) is 0 Å². The summed E-state index contributed by atoms with van der Waals surface area (Å²) < 4.78 is 0. The second kappa shape index (κ2) is 9.33. The molecule has 2 saturated carbocycles. The SMILES string of the molecule is CCCCC[C@]1(CC)CC[C@@H](C2CCC(CCC)CC2)CC1. The van der Waals surface area contributed by atoms with Crippen molar-refractivity contribution in [3.8, 4) is 0 Å². The molecule has 0 aromatic carbocycles. The van der Waals surface area contributed by atoms with Crippen LogP contribution in [-0.4, -0.2) is 0 Å². The van der Waals surface area contributed by atoms with Crippen LogP contribution in [0.5, 0.6) is 0 Å². The lowest BCUT2D eigenvalue weighted by Gasteiger charge is -2.44. The molecule has 0 N–H and O–H groups in total. The third kappa shape index (κ3) is 5.00. The molecule has 0 radical (unpaired) electrons. The highest BCUT2D eigenvalue weighted by Crippen LogP contribution is 2.49. The Balaban J connectivity index is 1.74. The third-order valence-corrected chi connectivity index (χ3v) is 7.41. The van der Waals surface area contributed by atoms with Crippen molar-refractivity contribution in [2.75, 3.05) is 0 Å². The maximum atomic E-state index is 2.46. The third-order valence-electron chi connectivity index (χ3n) is 7.41. The van der Waals surface area contributed by atoms with E-state index in [9.17, 15) is 0 Å². The van der Waals surface area contributed by atoms with Crippen molar-refractivity contribution in [3.63, 3.8) is 0 Å². The smallest absolute Gasteiger partial charge is 0.0300 e. The molecular weight excluding hydrogens is 264 g/mol. The Labute approximate surface area is 140 Å². The molecule has 2 fully saturated rings. The monoisotopic (exact) mass is 306 g/mol. The first-order valence-corrected chi connectivity index (χ1v) is 10.7. The van der Waals surface area contributed by atoms with Crippen molar-refractivity contribution >= 4 is 0 Å². The van der Waals surface area contributed by atoms with E-state index >= 15 is 0 Å². The summed E-state index contributed by atoms with van der Waals surface area (Å²) in [6.07, 6.45) is 22.6. The quantitative estimate of drug-likeness (QED) is 0.402. The summed E-state index contributed by atoms with van der Waals surface area (Å²) >= 11 is 0. The van der Waals surface area contributed by atoms with Crippen LogP contribution in [0.1, 0.15) is 117 Å². The van der Waals surface area contributed by atoms with Crippen molar-refractivity contribution < 1.29 is 0 Å². The molecule has 0 heteroatoms. The number of unbranched alkanes of at least 4 members (excludes halogenated alkanes) is 2. The number of hydrogen-bond donors (Lipinski definition) is 0. The molecule has 0 aromatic rings. The van der Waals surface area contributed by atoms with Gasteiger partial charge in [-0.1, -0.05) is 72.1 Å². The molecule has 22 heavy (non-hydrogen) atoms.